The fourth-order valence-corrected chi connectivity index (χ4v) is 2.67. The van der Waals surface area contributed by atoms with Gasteiger partial charge < -0.3 is 10.6 Å². The zero-order chi connectivity index (χ0) is 13.1. The third-order valence-corrected chi connectivity index (χ3v) is 3.47. The maximum Gasteiger partial charge on any atom is 0.230 e. The number of fused-ring (bicyclic) bond motifs is 1. The molecule has 96 valence electrons. The highest BCUT2D eigenvalue weighted by Crippen LogP contribution is 2.28. The average molecular weight is 262 g/mol. The molecule has 1 aromatic carbocycles. The Morgan fingerprint density at radius 3 is 2.94 bits per heavy atom. The molecule has 4 heteroatoms. The van der Waals surface area contributed by atoms with Crippen LogP contribution in [0, 0.1) is 5.92 Å². The number of anilines is 1. The van der Waals surface area contributed by atoms with Crippen LogP contribution in [0.25, 0.3) is 0 Å². The van der Waals surface area contributed by atoms with Gasteiger partial charge in [-0.1, -0.05) is 37.3 Å². The minimum absolute atomic E-state index is 0.120. The van der Waals surface area contributed by atoms with E-state index in [0.717, 1.165) is 25.1 Å². The summed E-state index contributed by atoms with van der Waals surface area (Å²) in [6.45, 7) is 2.68. The smallest absolute Gasteiger partial charge is 0.230 e. The van der Waals surface area contributed by atoms with Crippen molar-refractivity contribution in [3.63, 3.8) is 0 Å². The molecule has 1 unspecified atom stereocenters. The summed E-state index contributed by atoms with van der Waals surface area (Å²) in [4.78, 5) is 14.7. The van der Waals surface area contributed by atoms with E-state index in [1.54, 1.807) is 0 Å². The molecule has 1 amide bonds. The second kappa shape index (κ2) is 5.48. The van der Waals surface area contributed by atoms with Crippen LogP contribution in [0.5, 0.6) is 0 Å². The van der Waals surface area contributed by atoms with Crippen molar-refractivity contribution in [3.8, 4) is 0 Å². The molecule has 0 aliphatic carbocycles. The molecular formula is C14H18N2OS. The lowest BCUT2D eigenvalue weighted by Crippen LogP contribution is -2.39. The monoisotopic (exact) mass is 262 g/mol. The first-order valence-corrected chi connectivity index (χ1v) is 6.68. The summed E-state index contributed by atoms with van der Waals surface area (Å²) >= 11 is 4.88. The first-order chi connectivity index (χ1) is 8.59. The van der Waals surface area contributed by atoms with Crippen molar-refractivity contribution in [2.45, 2.75) is 26.2 Å². The summed E-state index contributed by atoms with van der Waals surface area (Å²) in [7, 11) is 0. The second-order valence-electron chi connectivity index (χ2n) is 4.79. The number of aryl methyl sites for hydroxylation is 1. The van der Waals surface area contributed by atoms with Crippen molar-refractivity contribution in [1.29, 1.82) is 0 Å². The molecule has 0 bridgehead atoms. The van der Waals surface area contributed by atoms with Crippen molar-refractivity contribution >= 4 is 28.8 Å². The number of thiocarbonyl (C=S) groups is 1. The van der Waals surface area contributed by atoms with Crippen LogP contribution >= 0.6 is 12.2 Å². The van der Waals surface area contributed by atoms with Gasteiger partial charge in [0.2, 0.25) is 5.91 Å². The van der Waals surface area contributed by atoms with Gasteiger partial charge in [0.15, 0.2) is 0 Å². The highest BCUT2D eigenvalue weighted by molar-refractivity contribution is 7.80. The van der Waals surface area contributed by atoms with Gasteiger partial charge in [-0.3, -0.25) is 4.79 Å². The molecule has 0 spiro atoms. The predicted molar refractivity (Wildman–Crippen MR) is 77.7 cm³/mol. The predicted octanol–water partition coefficient (Wildman–Crippen LogP) is 2.28. The van der Waals surface area contributed by atoms with E-state index in [2.05, 4.69) is 6.07 Å². The maximum atomic E-state index is 12.4. The molecule has 3 nitrogen and oxygen atoms in total. The molecule has 0 saturated carbocycles. The van der Waals surface area contributed by atoms with Crippen LogP contribution in [-0.4, -0.2) is 17.4 Å². The molecule has 0 saturated heterocycles. The molecule has 1 heterocycles. The van der Waals surface area contributed by atoms with E-state index in [1.165, 1.54) is 5.56 Å². The fraction of sp³-hybridized carbons (Fsp3) is 0.429. The number of carbonyl (C=O) groups is 1. The Bertz CT molecular complexity index is 473. The molecule has 0 fully saturated rings. The first-order valence-electron chi connectivity index (χ1n) is 6.27. The Balaban J connectivity index is 2.20. The van der Waals surface area contributed by atoms with E-state index < -0.39 is 0 Å². The lowest BCUT2D eigenvalue weighted by atomic mass is 9.99. The maximum absolute atomic E-state index is 12.4. The highest BCUT2D eigenvalue weighted by atomic mass is 32.1. The Kier molecular flexibility index (Phi) is 3.97. The van der Waals surface area contributed by atoms with Gasteiger partial charge in [0.1, 0.15) is 0 Å². The van der Waals surface area contributed by atoms with Crippen molar-refractivity contribution in [2.24, 2.45) is 11.7 Å². The summed E-state index contributed by atoms with van der Waals surface area (Å²) < 4.78 is 0. The molecule has 2 N–H and O–H groups in total. The van der Waals surface area contributed by atoms with Crippen molar-refractivity contribution in [1.82, 2.24) is 0 Å². The van der Waals surface area contributed by atoms with Gasteiger partial charge in [-0.05, 0) is 24.5 Å². The summed E-state index contributed by atoms with van der Waals surface area (Å²) in [5.41, 5.74) is 7.81. The third kappa shape index (κ3) is 2.70. The van der Waals surface area contributed by atoms with Gasteiger partial charge >= 0.3 is 0 Å². The van der Waals surface area contributed by atoms with Gasteiger partial charge in [-0.2, -0.15) is 0 Å². The normalized spacial score (nSPS) is 15.9. The van der Waals surface area contributed by atoms with Crippen molar-refractivity contribution in [3.05, 3.63) is 29.8 Å². The number of para-hydroxylation sites is 1. The summed E-state index contributed by atoms with van der Waals surface area (Å²) in [5, 5.41) is 0. The lowest BCUT2D eigenvalue weighted by Gasteiger charge is -2.31. The lowest BCUT2D eigenvalue weighted by molar-refractivity contribution is -0.121. The zero-order valence-electron chi connectivity index (χ0n) is 10.6. The topological polar surface area (TPSA) is 46.3 Å². The number of amides is 1. The van der Waals surface area contributed by atoms with E-state index >= 15 is 0 Å². The minimum Gasteiger partial charge on any atom is -0.393 e. The molecule has 1 aromatic rings. The molecule has 1 aliphatic rings. The number of benzene rings is 1. The molecule has 18 heavy (non-hydrogen) atoms. The second-order valence-corrected chi connectivity index (χ2v) is 5.32. The molecule has 1 aliphatic heterocycles. The summed E-state index contributed by atoms with van der Waals surface area (Å²) in [5.74, 6) is -0.0244. The van der Waals surface area contributed by atoms with Crippen LogP contribution in [0.2, 0.25) is 0 Å². The number of hydrogen-bond acceptors (Lipinski definition) is 2. The van der Waals surface area contributed by atoms with Gasteiger partial charge in [0, 0.05) is 24.6 Å². The third-order valence-electron chi connectivity index (χ3n) is 3.31. The Hall–Kier alpha value is -1.42. The Morgan fingerprint density at radius 2 is 2.22 bits per heavy atom. The van der Waals surface area contributed by atoms with Crippen molar-refractivity contribution in [2.75, 3.05) is 11.4 Å². The standard InChI is InChI=1S/C14H18N2OS/c1-10(9-13(15)18)14(17)16-8-4-6-11-5-2-3-7-12(11)16/h2-3,5,7,10H,4,6,8-9H2,1H3,(H2,15,18). The van der Waals surface area contributed by atoms with Crippen LogP contribution in [0.1, 0.15) is 25.3 Å². The number of hydrogen-bond donors (Lipinski definition) is 1. The van der Waals surface area contributed by atoms with Crippen LogP contribution in [0.3, 0.4) is 0 Å². The first kappa shape index (κ1) is 13.0. The number of carbonyl (C=O) groups excluding carboxylic acids is 1. The van der Waals surface area contributed by atoms with Crippen molar-refractivity contribution < 1.29 is 4.79 Å². The van der Waals surface area contributed by atoms with E-state index in [1.807, 2.05) is 30.0 Å². The molecule has 0 radical (unpaired) electrons. The average Bonchev–Trinajstić information content (AvgIpc) is 2.36. The highest BCUT2D eigenvalue weighted by Gasteiger charge is 2.26. The van der Waals surface area contributed by atoms with E-state index in [4.69, 9.17) is 18.0 Å². The van der Waals surface area contributed by atoms with Crippen LogP contribution in [0.4, 0.5) is 5.69 Å². The largest absolute Gasteiger partial charge is 0.393 e. The Labute approximate surface area is 113 Å². The fourth-order valence-electron chi connectivity index (χ4n) is 2.42. The van der Waals surface area contributed by atoms with Gasteiger partial charge in [-0.25, -0.2) is 0 Å². The SMILES string of the molecule is CC(CC(N)=S)C(=O)N1CCCc2ccccc21. The van der Waals surface area contributed by atoms with E-state index in [-0.39, 0.29) is 11.8 Å². The van der Waals surface area contributed by atoms with Gasteiger partial charge in [0.05, 0.1) is 4.99 Å². The van der Waals surface area contributed by atoms with E-state index in [0.29, 0.717) is 11.4 Å². The van der Waals surface area contributed by atoms with Crippen LogP contribution in [-0.2, 0) is 11.2 Å². The molecule has 0 aromatic heterocycles. The van der Waals surface area contributed by atoms with Gasteiger partial charge in [0.25, 0.3) is 0 Å². The number of nitrogens with two attached hydrogens (primary N) is 1. The number of rotatable bonds is 3. The number of nitrogens with zero attached hydrogens (tertiary/aromatic N) is 1. The van der Waals surface area contributed by atoms with Crippen LogP contribution in [0.15, 0.2) is 24.3 Å². The van der Waals surface area contributed by atoms with Gasteiger partial charge in [-0.15, -0.1) is 0 Å². The Morgan fingerprint density at radius 1 is 1.50 bits per heavy atom. The molecule has 1 atom stereocenters. The van der Waals surface area contributed by atoms with E-state index in [9.17, 15) is 4.79 Å². The summed E-state index contributed by atoms with van der Waals surface area (Å²) in [6, 6.07) is 8.10. The quantitative estimate of drug-likeness (QED) is 0.850. The minimum atomic E-state index is -0.145. The van der Waals surface area contributed by atoms with Crippen LogP contribution < -0.4 is 10.6 Å². The zero-order valence-corrected chi connectivity index (χ0v) is 11.4. The molecule has 2 rings (SSSR count). The molecular weight excluding hydrogens is 244 g/mol. The summed E-state index contributed by atoms with van der Waals surface area (Å²) in [6.07, 6.45) is 2.54.